The van der Waals surface area contributed by atoms with Gasteiger partial charge in [-0.05, 0) is 68.9 Å². The number of carbonyl (C=O) groups excluding carboxylic acids is 3. The molecule has 0 saturated carbocycles. The number of nitrogens with one attached hydrogen (secondary N) is 2. The number of benzene rings is 2. The largest absolute Gasteiger partial charge is 0.396 e. The van der Waals surface area contributed by atoms with E-state index in [9.17, 15) is 19.5 Å². The molecule has 3 unspecified atom stereocenters. The highest BCUT2D eigenvalue weighted by Crippen LogP contribution is 2.68. The lowest BCUT2D eigenvalue weighted by atomic mass is 9.66. The average Bonchev–Trinajstić information content (AvgIpc) is 3.61. The fourth-order valence-electron chi connectivity index (χ4n) is 7.57. The number of anilines is 2. The standard InChI is InChI=1S/C34H46N4O4S/c1-4-37(5-2)26-17-15-25(16-18-26)36-32(41)30-34-23(3)21-27(43-34)28(31(40)35-22-24-13-9-8-10-14-24)29(34)33(42)38(30)19-11-6-7-12-20-39/h8-10,13-18,23,27-30,39H,4-7,11-12,19-22H2,1-3H3,(H,35,40)(H,36,41)/t23?,27-,28+,29+,30?,34?/m1/s1. The first-order valence-corrected chi connectivity index (χ1v) is 16.8. The van der Waals surface area contributed by atoms with Gasteiger partial charge in [-0.2, -0.15) is 0 Å². The third-order valence-corrected chi connectivity index (χ3v) is 11.8. The van der Waals surface area contributed by atoms with Crippen LogP contribution in [-0.4, -0.2) is 70.0 Å². The second-order valence-electron chi connectivity index (χ2n) is 12.1. The van der Waals surface area contributed by atoms with E-state index < -0.39 is 22.6 Å². The molecule has 2 bridgehead atoms. The van der Waals surface area contributed by atoms with Gasteiger partial charge in [-0.1, -0.05) is 50.1 Å². The molecule has 3 amide bonds. The van der Waals surface area contributed by atoms with Gasteiger partial charge in [0.05, 0.1) is 16.6 Å². The summed E-state index contributed by atoms with van der Waals surface area (Å²) in [5, 5.41) is 15.5. The van der Waals surface area contributed by atoms with E-state index in [4.69, 9.17) is 0 Å². The number of aliphatic hydroxyl groups excluding tert-OH is 1. The second-order valence-corrected chi connectivity index (χ2v) is 13.7. The number of amides is 3. The maximum atomic E-state index is 14.3. The van der Waals surface area contributed by atoms with Gasteiger partial charge < -0.3 is 25.5 Å². The van der Waals surface area contributed by atoms with Crippen LogP contribution in [0, 0.1) is 17.8 Å². The van der Waals surface area contributed by atoms with Crippen LogP contribution in [0.2, 0.25) is 0 Å². The molecule has 3 fully saturated rings. The van der Waals surface area contributed by atoms with E-state index >= 15 is 0 Å². The first kappa shape index (κ1) is 31.4. The smallest absolute Gasteiger partial charge is 0.248 e. The Morgan fingerprint density at radius 3 is 2.37 bits per heavy atom. The quantitative estimate of drug-likeness (QED) is 0.270. The predicted molar refractivity (Wildman–Crippen MR) is 173 cm³/mol. The summed E-state index contributed by atoms with van der Waals surface area (Å²) < 4.78 is -0.646. The van der Waals surface area contributed by atoms with E-state index in [-0.39, 0.29) is 35.5 Å². The van der Waals surface area contributed by atoms with E-state index in [0.29, 0.717) is 18.8 Å². The van der Waals surface area contributed by atoms with Crippen LogP contribution in [0.5, 0.6) is 0 Å². The minimum atomic E-state index is -0.651. The highest BCUT2D eigenvalue weighted by Gasteiger charge is 2.75. The van der Waals surface area contributed by atoms with Crippen LogP contribution in [0.25, 0.3) is 0 Å². The normalized spacial score (nSPS) is 27.3. The lowest BCUT2D eigenvalue weighted by Gasteiger charge is -2.38. The number of hydrogen-bond acceptors (Lipinski definition) is 6. The zero-order valence-corrected chi connectivity index (χ0v) is 26.4. The fraction of sp³-hybridized carbons (Fsp3) is 0.559. The topological polar surface area (TPSA) is 102 Å². The molecule has 43 heavy (non-hydrogen) atoms. The number of nitrogens with zero attached hydrogens (tertiary/aromatic N) is 2. The molecule has 1 spiro atoms. The van der Waals surface area contributed by atoms with Crippen LogP contribution >= 0.6 is 11.8 Å². The molecule has 2 aromatic carbocycles. The number of likely N-dealkylation sites (tertiary alicyclic amines) is 1. The molecule has 232 valence electrons. The van der Waals surface area contributed by atoms with Gasteiger partial charge in [0.15, 0.2) is 0 Å². The molecule has 0 aliphatic carbocycles. The summed E-state index contributed by atoms with van der Waals surface area (Å²) in [6.07, 6.45) is 4.04. The van der Waals surface area contributed by atoms with Crippen molar-refractivity contribution >= 4 is 40.9 Å². The highest BCUT2D eigenvalue weighted by molar-refractivity contribution is 8.02. The lowest BCUT2D eigenvalue weighted by Crippen LogP contribution is -2.55. The number of thioether (sulfide) groups is 1. The molecule has 3 aliphatic heterocycles. The number of hydrogen-bond donors (Lipinski definition) is 3. The Balaban J connectivity index is 1.39. The minimum absolute atomic E-state index is 0.00933. The highest BCUT2D eigenvalue weighted by atomic mass is 32.2. The zero-order chi connectivity index (χ0) is 30.6. The molecular formula is C34H46N4O4S. The van der Waals surface area contributed by atoms with Crippen LogP contribution in [0.1, 0.15) is 58.4 Å². The Morgan fingerprint density at radius 1 is 1.00 bits per heavy atom. The Hall–Kier alpha value is -3.04. The molecule has 5 rings (SSSR count). The van der Waals surface area contributed by atoms with E-state index in [2.05, 4.69) is 36.3 Å². The van der Waals surface area contributed by atoms with Gasteiger partial charge in [-0.3, -0.25) is 14.4 Å². The van der Waals surface area contributed by atoms with Crippen molar-refractivity contribution in [1.29, 1.82) is 0 Å². The molecule has 3 aliphatic rings. The maximum Gasteiger partial charge on any atom is 0.248 e. The number of rotatable bonds is 14. The number of unbranched alkanes of at least 4 members (excludes halogenated alkanes) is 3. The van der Waals surface area contributed by atoms with Gasteiger partial charge in [0.1, 0.15) is 6.04 Å². The molecule has 0 aromatic heterocycles. The molecule has 9 heteroatoms. The molecule has 8 nitrogen and oxygen atoms in total. The van der Waals surface area contributed by atoms with Crippen molar-refractivity contribution in [3.63, 3.8) is 0 Å². The third kappa shape index (κ3) is 6.03. The molecular weight excluding hydrogens is 560 g/mol. The van der Waals surface area contributed by atoms with E-state index in [0.717, 1.165) is 56.4 Å². The van der Waals surface area contributed by atoms with Gasteiger partial charge in [-0.15, -0.1) is 11.8 Å². The van der Waals surface area contributed by atoms with E-state index in [1.807, 2.05) is 54.6 Å². The summed E-state index contributed by atoms with van der Waals surface area (Å²) in [7, 11) is 0. The SMILES string of the molecule is CCN(CC)c1ccc(NC(=O)C2N(CCCCCCO)C(=O)[C@@H]3[C@@H](C(=O)NCc4ccccc4)[C@H]4CC(C)C23S4)cc1. The molecule has 6 atom stereocenters. The van der Waals surface area contributed by atoms with Crippen LogP contribution < -0.4 is 15.5 Å². The molecule has 2 aromatic rings. The molecule has 3 N–H and O–H groups in total. The summed E-state index contributed by atoms with van der Waals surface area (Å²) in [5.41, 5.74) is 2.82. The molecule has 0 radical (unpaired) electrons. The monoisotopic (exact) mass is 606 g/mol. The first-order valence-electron chi connectivity index (χ1n) is 15.9. The summed E-state index contributed by atoms with van der Waals surface area (Å²) in [5.74, 6) is -1.20. The van der Waals surface area contributed by atoms with Crippen molar-refractivity contribution in [3.05, 3.63) is 60.2 Å². The van der Waals surface area contributed by atoms with Crippen molar-refractivity contribution in [2.45, 2.75) is 75.5 Å². The number of carbonyl (C=O) groups is 3. The number of aliphatic hydroxyl groups is 1. The Morgan fingerprint density at radius 2 is 1.70 bits per heavy atom. The molecule has 3 saturated heterocycles. The van der Waals surface area contributed by atoms with Crippen LogP contribution in [0.3, 0.4) is 0 Å². The fourth-order valence-corrected chi connectivity index (χ4v) is 9.99. The Bertz CT molecular complexity index is 1270. The average molecular weight is 607 g/mol. The predicted octanol–water partition coefficient (Wildman–Crippen LogP) is 4.68. The van der Waals surface area contributed by atoms with Crippen molar-refractivity contribution in [1.82, 2.24) is 10.2 Å². The van der Waals surface area contributed by atoms with Gasteiger partial charge >= 0.3 is 0 Å². The van der Waals surface area contributed by atoms with Crippen molar-refractivity contribution in [3.8, 4) is 0 Å². The van der Waals surface area contributed by atoms with Crippen molar-refractivity contribution in [2.24, 2.45) is 17.8 Å². The van der Waals surface area contributed by atoms with Crippen LogP contribution in [-0.2, 0) is 20.9 Å². The minimum Gasteiger partial charge on any atom is -0.396 e. The van der Waals surface area contributed by atoms with Gasteiger partial charge in [0, 0.05) is 49.4 Å². The Kier molecular flexibility index (Phi) is 10.0. The summed E-state index contributed by atoms with van der Waals surface area (Å²) >= 11 is 1.71. The summed E-state index contributed by atoms with van der Waals surface area (Å²) in [4.78, 5) is 46.3. The summed E-state index contributed by atoms with van der Waals surface area (Å²) in [6.45, 7) is 9.23. The second kappa shape index (κ2) is 13.7. The molecule has 3 heterocycles. The third-order valence-electron chi connectivity index (χ3n) is 9.68. The van der Waals surface area contributed by atoms with E-state index in [1.165, 1.54) is 0 Å². The van der Waals surface area contributed by atoms with Crippen molar-refractivity contribution < 1.29 is 19.5 Å². The summed E-state index contributed by atoms with van der Waals surface area (Å²) in [6, 6.07) is 17.1. The Labute approximate surface area is 260 Å². The van der Waals surface area contributed by atoms with Gasteiger partial charge in [0.25, 0.3) is 0 Å². The zero-order valence-electron chi connectivity index (χ0n) is 25.6. The van der Waals surface area contributed by atoms with Crippen LogP contribution in [0.15, 0.2) is 54.6 Å². The van der Waals surface area contributed by atoms with Crippen molar-refractivity contribution in [2.75, 3.05) is 36.5 Å². The van der Waals surface area contributed by atoms with Gasteiger partial charge in [-0.25, -0.2) is 0 Å². The van der Waals surface area contributed by atoms with E-state index in [1.54, 1.807) is 16.7 Å². The first-order chi connectivity index (χ1) is 20.8. The lowest BCUT2D eigenvalue weighted by molar-refractivity contribution is -0.139. The maximum absolute atomic E-state index is 14.3. The van der Waals surface area contributed by atoms with Crippen LogP contribution in [0.4, 0.5) is 11.4 Å². The van der Waals surface area contributed by atoms with Gasteiger partial charge in [0.2, 0.25) is 17.7 Å². The number of fused-ring (bicyclic) bond motifs is 1.